The van der Waals surface area contributed by atoms with Gasteiger partial charge in [-0.15, -0.1) is 0 Å². The number of hydrogen-bond donors (Lipinski definition) is 0. The minimum atomic E-state index is -1.34. The van der Waals surface area contributed by atoms with Crippen LogP contribution in [0.5, 0.6) is 0 Å². The first-order valence-electron chi connectivity index (χ1n) is 4.43. The van der Waals surface area contributed by atoms with Crippen LogP contribution in [0.15, 0.2) is 12.1 Å². The maximum atomic E-state index is 13.2. The van der Waals surface area contributed by atoms with E-state index in [2.05, 4.69) is 0 Å². The second-order valence-electron chi connectivity index (χ2n) is 4.33. The molecule has 0 saturated heterocycles. The molecule has 15 heavy (non-hydrogen) atoms. The third-order valence-corrected chi connectivity index (χ3v) is 1.92. The molecule has 82 valence electrons. The molecule has 0 atom stereocenters. The maximum Gasteiger partial charge on any atom is 0.171 e. The van der Waals surface area contributed by atoms with Crippen molar-refractivity contribution < 1.29 is 18.0 Å². The Morgan fingerprint density at radius 1 is 1.13 bits per heavy atom. The van der Waals surface area contributed by atoms with Gasteiger partial charge in [0.15, 0.2) is 17.4 Å². The largest absolute Gasteiger partial charge is 0.293 e. The summed E-state index contributed by atoms with van der Waals surface area (Å²) in [5.74, 6) is -4.22. The standard InChI is InChI=1S/C11H11F3O/c1-11(2,3)10(15)7-4-6(12)5-8(13)9(7)14/h4-5H,1-3H3. The van der Waals surface area contributed by atoms with E-state index in [9.17, 15) is 18.0 Å². The van der Waals surface area contributed by atoms with Gasteiger partial charge in [0.2, 0.25) is 0 Å². The number of hydrogen-bond acceptors (Lipinski definition) is 1. The van der Waals surface area contributed by atoms with Crippen LogP contribution in [0.1, 0.15) is 31.1 Å². The van der Waals surface area contributed by atoms with Crippen LogP contribution in [-0.4, -0.2) is 5.78 Å². The molecular formula is C11H11F3O. The van der Waals surface area contributed by atoms with Crippen molar-refractivity contribution in [2.24, 2.45) is 5.41 Å². The van der Waals surface area contributed by atoms with E-state index in [1.54, 1.807) is 20.8 Å². The van der Waals surface area contributed by atoms with Gasteiger partial charge in [-0.2, -0.15) is 0 Å². The van der Waals surface area contributed by atoms with Crippen molar-refractivity contribution in [3.8, 4) is 0 Å². The van der Waals surface area contributed by atoms with Crippen molar-refractivity contribution >= 4 is 5.78 Å². The number of benzene rings is 1. The molecule has 0 spiro atoms. The van der Waals surface area contributed by atoms with E-state index in [1.807, 2.05) is 0 Å². The van der Waals surface area contributed by atoms with Crippen LogP contribution in [0, 0.1) is 22.9 Å². The zero-order valence-electron chi connectivity index (χ0n) is 8.70. The molecule has 1 aromatic carbocycles. The van der Waals surface area contributed by atoms with Crippen molar-refractivity contribution in [3.05, 3.63) is 35.1 Å². The lowest BCUT2D eigenvalue weighted by molar-refractivity contribution is 0.0852. The Morgan fingerprint density at radius 2 is 1.67 bits per heavy atom. The van der Waals surface area contributed by atoms with Gasteiger partial charge in [0.1, 0.15) is 5.82 Å². The van der Waals surface area contributed by atoms with Gasteiger partial charge in [-0.25, -0.2) is 13.2 Å². The predicted octanol–water partition coefficient (Wildman–Crippen LogP) is 3.33. The third kappa shape index (κ3) is 2.37. The Balaban J connectivity index is 3.32. The summed E-state index contributed by atoms with van der Waals surface area (Å²) < 4.78 is 38.8. The minimum absolute atomic E-state index is 0.411. The Labute approximate surface area is 85.9 Å². The van der Waals surface area contributed by atoms with Crippen molar-refractivity contribution in [2.75, 3.05) is 0 Å². The number of carbonyl (C=O) groups excluding carboxylic acids is 1. The summed E-state index contributed by atoms with van der Waals surface area (Å²) in [5.41, 5.74) is -1.42. The predicted molar refractivity (Wildman–Crippen MR) is 50.1 cm³/mol. The summed E-state index contributed by atoms with van der Waals surface area (Å²) in [5, 5.41) is 0. The second kappa shape index (κ2) is 3.68. The van der Waals surface area contributed by atoms with Crippen molar-refractivity contribution in [2.45, 2.75) is 20.8 Å². The highest BCUT2D eigenvalue weighted by molar-refractivity contribution is 6.00. The van der Waals surface area contributed by atoms with E-state index in [1.165, 1.54) is 0 Å². The Hall–Kier alpha value is -1.32. The van der Waals surface area contributed by atoms with Crippen molar-refractivity contribution in [1.82, 2.24) is 0 Å². The number of halogens is 3. The van der Waals surface area contributed by atoms with Gasteiger partial charge in [-0.3, -0.25) is 4.79 Å². The summed E-state index contributed by atoms with van der Waals surface area (Å²) in [4.78, 5) is 11.6. The summed E-state index contributed by atoms with van der Waals surface area (Å²) in [6.45, 7) is 4.66. The lowest BCUT2D eigenvalue weighted by Gasteiger charge is -2.17. The molecule has 0 unspecified atom stereocenters. The SMILES string of the molecule is CC(C)(C)C(=O)c1cc(F)cc(F)c1F. The molecule has 1 rings (SSSR count). The van der Waals surface area contributed by atoms with E-state index in [0.717, 1.165) is 0 Å². The van der Waals surface area contributed by atoms with Crippen LogP contribution < -0.4 is 0 Å². The summed E-state index contributed by atoms with van der Waals surface area (Å²) in [7, 11) is 0. The molecular weight excluding hydrogens is 205 g/mol. The molecule has 0 radical (unpaired) electrons. The monoisotopic (exact) mass is 216 g/mol. The van der Waals surface area contributed by atoms with E-state index in [4.69, 9.17) is 0 Å². The third-order valence-electron chi connectivity index (χ3n) is 1.92. The Bertz CT molecular complexity index is 405. The van der Waals surface area contributed by atoms with E-state index in [-0.39, 0.29) is 0 Å². The molecule has 0 fully saturated rings. The number of Topliss-reactive ketones (excluding diaryl/α,β-unsaturated/α-hetero) is 1. The normalized spacial score (nSPS) is 11.6. The summed E-state index contributed by atoms with van der Waals surface area (Å²) in [6.07, 6.45) is 0. The molecule has 0 aliphatic carbocycles. The highest BCUT2D eigenvalue weighted by atomic mass is 19.2. The first-order chi connectivity index (χ1) is 6.73. The molecule has 0 heterocycles. The lowest BCUT2D eigenvalue weighted by Crippen LogP contribution is -2.22. The van der Waals surface area contributed by atoms with Gasteiger partial charge in [0, 0.05) is 11.5 Å². The molecule has 0 N–H and O–H groups in total. The average molecular weight is 216 g/mol. The average Bonchev–Trinajstić information content (AvgIpc) is 2.08. The molecule has 0 bridgehead atoms. The van der Waals surface area contributed by atoms with Crippen LogP contribution >= 0.6 is 0 Å². The topological polar surface area (TPSA) is 17.1 Å². The molecule has 0 aliphatic rings. The van der Waals surface area contributed by atoms with Crippen molar-refractivity contribution in [1.29, 1.82) is 0 Å². The maximum absolute atomic E-state index is 13.2. The van der Waals surface area contributed by atoms with Crippen LogP contribution in [0.25, 0.3) is 0 Å². The van der Waals surface area contributed by atoms with Crippen molar-refractivity contribution in [3.63, 3.8) is 0 Å². The second-order valence-corrected chi connectivity index (χ2v) is 4.33. The fraction of sp³-hybridized carbons (Fsp3) is 0.364. The molecule has 4 heteroatoms. The van der Waals surface area contributed by atoms with E-state index in [0.29, 0.717) is 12.1 Å². The van der Waals surface area contributed by atoms with Crippen LogP contribution in [0.2, 0.25) is 0 Å². The van der Waals surface area contributed by atoms with Gasteiger partial charge < -0.3 is 0 Å². The number of ketones is 1. The van der Waals surface area contributed by atoms with Gasteiger partial charge in [0.05, 0.1) is 5.56 Å². The minimum Gasteiger partial charge on any atom is -0.293 e. The summed E-state index contributed by atoms with van der Waals surface area (Å²) in [6, 6.07) is 1.13. The Morgan fingerprint density at radius 3 is 2.13 bits per heavy atom. The lowest BCUT2D eigenvalue weighted by atomic mass is 9.86. The van der Waals surface area contributed by atoms with Gasteiger partial charge in [-0.1, -0.05) is 20.8 Å². The summed E-state index contributed by atoms with van der Waals surface area (Å²) >= 11 is 0. The molecule has 0 aromatic heterocycles. The fourth-order valence-electron chi connectivity index (χ4n) is 1.13. The molecule has 0 saturated carbocycles. The van der Waals surface area contributed by atoms with Gasteiger partial charge in [-0.05, 0) is 6.07 Å². The molecule has 1 aromatic rings. The van der Waals surface area contributed by atoms with Gasteiger partial charge >= 0.3 is 0 Å². The van der Waals surface area contributed by atoms with Crippen LogP contribution in [-0.2, 0) is 0 Å². The highest BCUT2D eigenvalue weighted by Crippen LogP contribution is 2.24. The number of rotatable bonds is 1. The van der Waals surface area contributed by atoms with E-state index >= 15 is 0 Å². The smallest absolute Gasteiger partial charge is 0.171 e. The van der Waals surface area contributed by atoms with Crippen LogP contribution in [0.4, 0.5) is 13.2 Å². The highest BCUT2D eigenvalue weighted by Gasteiger charge is 2.27. The molecule has 1 nitrogen and oxygen atoms in total. The number of carbonyl (C=O) groups is 1. The first-order valence-corrected chi connectivity index (χ1v) is 4.43. The molecule has 0 amide bonds. The van der Waals surface area contributed by atoms with E-state index < -0.39 is 34.2 Å². The zero-order valence-corrected chi connectivity index (χ0v) is 8.70. The quantitative estimate of drug-likeness (QED) is 0.519. The fourth-order valence-corrected chi connectivity index (χ4v) is 1.13. The zero-order chi connectivity index (χ0) is 11.8. The first kappa shape index (κ1) is 11.8. The van der Waals surface area contributed by atoms with Gasteiger partial charge in [0.25, 0.3) is 0 Å². The Kier molecular flexibility index (Phi) is 2.88. The molecule has 0 aliphatic heterocycles. The van der Waals surface area contributed by atoms with Crippen LogP contribution in [0.3, 0.4) is 0 Å².